The molecule has 0 aromatic heterocycles. The van der Waals surface area contributed by atoms with Gasteiger partial charge in [-0.05, 0) is 51.2 Å². The van der Waals surface area contributed by atoms with Crippen LogP contribution >= 0.6 is 0 Å². The minimum Gasteiger partial charge on any atom is -0.312 e. The van der Waals surface area contributed by atoms with Crippen LogP contribution in [0.5, 0.6) is 0 Å². The maximum absolute atomic E-state index is 3.94. The summed E-state index contributed by atoms with van der Waals surface area (Å²) in [5, 5.41) is 3.94. The molecule has 2 unspecified atom stereocenters. The quantitative estimate of drug-likeness (QED) is 0.637. The van der Waals surface area contributed by atoms with E-state index < -0.39 is 0 Å². The fourth-order valence-corrected chi connectivity index (χ4v) is 4.51. The van der Waals surface area contributed by atoms with Gasteiger partial charge in [-0.1, -0.05) is 53.9 Å². The Hall–Kier alpha value is -0.0800. The van der Waals surface area contributed by atoms with Gasteiger partial charge >= 0.3 is 0 Å². The van der Waals surface area contributed by atoms with E-state index in [4.69, 9.17) is 0 Å². The highest BCUT2D eigenvalue weighted by atomic mass is 15.2. The van der Waals surface area contributed by atoms with Crippen LogP contribution < -0.4 is 5.32 Å². The van der Waals surface area contributed by atoms with Gasteiger partial charge in [-0.25, -0.2) is 0 Å². The zero-order chi connectivity index (χ0) is 15.0. The first kappa shape index (κ1) is 18.0. The molecule has 2 atom stereocenters. The molecule has 0 aliphatic heterocycles. The summed E-state index contributed by atoms with van der Waals surface area (Å²) >= 11 is 0. The lowest BCUT2D eigenvalue weighted by Crippen LogP contribution is -2.62. The summed E-state index contributed by atoms with van der Waals surface area (Å²) in [5.41, 5.74) is 0.424. The first-order valence-corrected chi connectivity index (χ1v) is 9.14. The van der Waals surface area contributed by atoms with Crippen molar-refractivity contribution in [1.29, 1.82) is 0 Å². The summed E-state index contributed by atoms with van der Waals surface area (Å²) in [6.45, 7) is 15.3. The van der Waals surface area contributed by atoms with Crippen molar-refractivity contribution in [3.05, 3.63) is 0 Å². The van der Waals surface area contributed by atoms with E-state index in [1.165, 1.54) is 64.6 Å². The van der Waals surface area contributed by atoms with Gasteiger partial charge in [0.15, 0.2) is 0 Å². The molecule has 0 aromatic rings. The summed E-state index contributed by atoms with van der Waals surface area (Å²) in [6, 6.07) is 0.671. The van der Waals surface area contributed by atoms with Gasteiger partial charge in [-0.2, -0.15) is 0 Å². The zero-order valence-corrected chi connectivity index (χ0v) is 14.7. The molecule has 20 heavy (non-hydrogen) atoms. The van der Waals surface area contributed by atoms with Gasteiger partial charge in [0.2, 0.25) is 0 Å². The Morgan fingerprint density at radius 3 is 2.05 bits per heavy atom. The number of nitrogens with zero attached hydrogens (tertiary/aromatic N) is 1. The van der Waals surface area contributed by atoms with Crippen molar-refractivity contribution in [2.45, 2.75) is 91.1 Å². The minimum atomic E-state index is 0.424. The highest BCUT2D eigenvalue weighted by molar-refractivity contribution is 5.05. The standard InChI is InChI=1S/C18H38N2/c1-6-12-16(5)17(19-15-7-2)18(13-10-11-14-18)20(8-3)9-4/h16-17,19H,6-15H2,1-5H3. The highest BCUT2D eigenvalue weighted by Gasteiger charge is 2.46. The zero-order valence-electron chi connectivity index (χ0n) is 14.7. The molecular weight excluding hydrogens is 244 g/mol. The molecule has 0 radical (unpaired) electrons. The summed E-state index contributed by atoms with van der Waals surface area (Å²) in [4.78, 5) is 2.76. The van der Waals surface area contributed by atoms with Gasteiger partial charge in [0, 0.05) is 11.6 Å². The number of hydrogen-bond acceptors (Lipinski definition) is 2. The van der Waals surface area contributed by atoms with Crippen LogP contribution in [0, 0.1) is 5.92 Å². The third-order valence-electron chi connectivity index (χ3n) is 5.37. The van der Waals surface area contributed by atoms with Crippen molar-refractivity contribution in [1.82, 2.24) is 10.2 Å². The third kappa shape index (κ3) is 3.98. The average molecular weight is 283 g/mol. The van der Waals surface area contributed by atoms with Gasteiger partial charge < -0.3 is 5.32 Å². The van der Waals surface area contributed by atoms with Crippen molar-refractivity contribution in [3.63, 3.8) is 0 Å². The average Bonchev–Trinajstić information content (AvgIpc) is 2.91. The molecule has 0 bridgehead atoms. The van der Waals surface area contributed by atoms with Gasteiger partial charge in [-0.3, -0.25) is 4.90 Å². The Morgan fingerprint density at radius 1 is 1.00 bits per heavy atom. The van der Waals surface area contributed by atoms with Crippen LogP contribution in [-0.2, 0) is 0 Å². The molecule has 0 heterocycles. The summed E-state index contributed by atoms with van der Waals surface area (Å²) in [6.07, 6.45) is 9.52. The van der Waals surface area contributed by atoms with Crippen LogP contribution in [0.1, 0.15) is 79.6 Å². The van der Waals surface area contributed by atoms with E-state index in [0.717, 1.165) is 5.92 Å². The van der Waals surface area contributed by atoms with Gasteiger partial charge in [0.05, 0.1) is 0 Å². The number of nitrogens with one attached hydrogen (secondary N) is 1. The molecular formula is C18H38N2. The van der Waals surface area contributed by atoms with E-state index in [1.54, 1.807) is 0 Å². The third-order valence-corrected chi connectivity index (χ3v) is 5.37. The van der Waals surface area contributed by atoms with Gasteiger partial charge in [0.1, 0.15) is 0 Å². The van der Waals surface area contributed by atoms with Crippen molar-refractivity contribution in [2.24, 2.45) is 5.92 Å². The lowest BCUT2D eigenvalue weighted by molar-refractivity contribution is 0.0402. The molecule has 1 saturated carbocycles. The fourth-order valence-electron chi connectivity index (χ4n) is 4.51. The second-order valence-corrected chi connectivity index (χ2v) is 6.68. The van der Waals surface area contributed by atoms with Gasteiger partial charge in [-0.15, -0.1) is 0 Å². The van der Waals surface area contributed by atoms with E-state index in [1.807, 2.05) is 0 Å². The van der Waals surface area contributed by atoms with Crippen LogP contribution in [0.25, 0.3) is 0 Å². The number of likely N-dealkylation sites (N-methyl/N-ethyl adjacent to an activating group) is 1. The predicted octanol–water partition coefficient (Wildman–Crippen LogP) is 4.45. The fraction of sp³-hybridized carbons (Fsp3) is 1.00. The van der Waals surface area contributed by atoms with E-state index in [9.17, 15) is 0 Å². The molecule has 0 saturated heterocycles. The predicted molar refractivity (Wildman–Crippen MR) is 90.3 cm³/mol. The molecule has 1 rings (SSSR count). The Morgan fingerprint density at radius 2 is 1.60 bits per heavy atom. The first-order chi connectivity index (χ1) is 9.66. The molecule has 120 valence electrons. The van der Waals surface area contributed by atoms with E-state index >= 15 is 0 Å². The van der Waals surface area contributed by atoms with E-state index in [2.05, 4.69) is 44.8 Å². The van der Waals surface area contributed by atoms with Crippen LogP contribution in [-0.4, -0.2) is 36.1 Å². The van der Waals surface area contributed by atoms with Crippen molar-refractivity contribution < 1.29 is 0 Å². The Bertz CT molecular complexity index is 242. The summed E-state index contributed by atoms with van der Waals surface area (Å²) in [7, 11) is 0. The molecule has 1 fully saturated rings. The minimum absolute atomic E-state index is 0.424. The maximum Gasteiger partial charge on any atom is 0.0364 e. The van der Waals surface area contributed by atoms with Crippen molar-refractivity contribution >= 4 is 0 Å². The van der Waals surface area contributed by atoms with Crippen molar-refractivity contribution in [3.8, 4) is 0 Å². The first-order valence-electron chi connectivity index (χ1n) is 9.14. The topological polar surface area (TPSA) is 15.3 Å². The highest BCUT2D eigenvalue weighted by Crippen LogP contribution is 2.41. The van der Waals surface area contributed by atoms with Crippen molar-refractivity contribution in [2.75, 3.05) is 19.6 Å². The Labute approximate surface area is 127 Å². The van der Waals surface area contributed by atoms with Crippen LogP contribution in [0.2, 0.25) is 0 Å². The largest absolute Gasteiger partial charge is 0.312 e. The second kappa shape index (κ2) is 9.04. The lowest BCUT2D eigenvalue weighted by atomic mass is 9.77. The molecule has 1 N–H and O–H groups in total. The van der Waals surface area contributed by atoms with Crippen LogP contribution in [0.4, 0.5) is 0 Å². The number of hydrogen-bond donors (Lipinski definition) is 1. The second-order valence-electron chi connectivity index (χ2n) is 6.68. The SMILES string of the molecule is CCCNC(C(C)CCC)C1(N(CC)CC)CCCC1. The number of rotatable bonds is 10. The molecule has 0 aromatic carbocycles. The molecule has 0 amide bonds. The van der Waals surface area contributed by atoms with Crippen LogP contribution in [0.3, 0.4) is 0 Å². The van der Waals surface area contributed by atoms with E-state index in [-0.39, 0.29) is 0 Å². The molecule has 2 heteroatoms. The normalized spacial score (nSPS) is 21.3. The van der Waals surface area contributed by atoms with Gasteiger partial charge in [0.25, 0.3) is 0 Å². The molecule has 2 nitrogen and oxygen atoms in total. The Balaban J connectivity index is 2.96. The molecule has 1 aliphatic carbocycles. The molecule has 0 spiro atoms. The monoisotopic (exact) mass is 282 g/mol. The lowest BCUT2D eigenvalue weighted by Gasteiger charge is -2.49. The van der Waals surface area contributed by atoms with Crippen LogP contribution in [0.15, 0.2) is 0 Å². The Kier molecular flexibility index (Phi) is 8.13. The van der Waals surface area contributed by atoms with E-state index in [0.29, 0.717) is 11.6 Å². The molecule has 1 aliphatic rings. The summed E-state index contributed by atoms with van der Waals surface area (Å²) in [5.74, 6) is 0.783. The maximum atomic E-state index is 3.94. The summed E-state index contributed by atoms with van der Waals surface area (Å²) < 4.78 is 0. The smallest absolute Gasteiger partial charge is 0.0364 e.